The van der Waals surface area contributed by atoms with Crippen LogP contribution in [0.3, 0.4) is 0 Å². The van der Waals surface area contributed by atoms with E-state index < -0.39 is 0 Å². The molecule has 6 nitrogen and oxygen atoms in total. The van der Waals surface area contributed by atoms with Crippen LogP contribution in [0.5, 0.6) is 0 Å². The van der Waals surface area contributed by atoms with Gasteiger partial charge in [0.05, 0.1) is 6.61 Å². The molecule has 1 saturated heterocycles. The summed E-state index contributed by atoms with van der Waals surface area (Å²) in [7, 11) is 0. The van der Waals surface area contributed by atoms with Crippen LogP contribution in [0.15, 0.2) is 0 Å². The van der Waals surface area contributed by atoms with Gasteiger partial charge in [-0.15, -0.1) is 0 Å². The zero-order valence-electron chi connectivity index (χ0n) is 11.4. The second-order valence-corrected chi connectivity index (χ2v) is 4.81. The van der Waals surface area contributed by atoms with Crippen molar-refractivity contribution in [1.29, 1.82) is 0 Å². The van der Waals surface area contributed by atoms with Crippen LogP contribution in [0.4, 0.5) is 0 Å². The summed E-state index contributed by atoms with van der Waals surface area (Å²) in [6.45, 7) is 8.19. The van der Waals surface area contributed by atoms with E-state index in [2.05, 4.69) is 17.1 Å². The van der Waals surface area contributed by atoms with Crippen molar-refractivity contribution in [2.75, 3.05) is 39.4 Å². The summed E-state index contributed by atoms with van der Waals surface area (Å²) in [5.41, 5.74) is 0. The molecule has 0 aromatic rings. The summed E-state index contributed by atoms with van der Waals surface area (Å²) in [5, 5.41) is 14.0. The first kappa shape index (κ1) is 15.3. The van der Waals surface area contributed by atoms with Gasteiger partial charge in [-0.1, -0.05) is 13.8 Å². The van der Waals surface area contributed by atoms with Gasteiger partial charge < -0.3 is 4.74 Å². The normalized spacial score (nSPS) is 21.4. The molecule has 1 aliphatic heterocycles. The van der Waals surface area contributed by atoms with Crippen molar-refractivity contribution in [3.05, 3.63) is 10.1 Å². The number of rotatable bonds is 9. The number of nitro groups is 1. The van der Waals surface area contributed by atoms with Gasteiger partial charge in [0, 0.05) is 18.1 Å². The topological polar surface area (TPSA) is 67.6 Å². The fourth-order valence-corrected chi connectivity index (χ4v) is 2.41. The molecule has 0 aromatic carbocycles. The monoisotopic (exact) mass is 259 g/mol. The summed E-state index contributed by atoms with van der Waals surface area (Å²) >= 11 is 0. The summed E-state index contributed by atoms with van der Waals surface area (Å²) in [6, 6.07) is 0. The predicted octanol–water partition coefficient (Wildman–Crippen LogP) is 0.947. The lowest BCUT2D eigenvalue weighted by molar-refractivity contribution is -0.488. The van der Waals surface area contributed by atoms with Gasteiger partial charge in [-0.05, 0) is 31.8 Å². The van der Waals surface area contributed by atoms with E-state index in [4.69, 9.17) is 4.74 Å². The third kappa shape index (κ3) is 5.29. The third-order valence-corrected chi connectivity index (χ3v) is 3.23. The first-order chi connectivity index (χ1) is 8.67. The molecule has 2 atom stereocenters. The standard InChI is InChI=1S/C12H25N3O3/c1-3-6-14(8-11-5-7-18-10-11)12(13-4-2)9-15(16)17/h11-13H,3-10H2,1-2H3. The van der Waals surface area contributed by atoms with Gasteiger partial charge in [0.25, 0.3) is 0 Å². The van der Waals surface area contributed by atoms with E-state index in [9.17, 15) is 10.1 Å². The molecule has 18 heavy (non-hydrogen) atoms. The molecular formula is C12H25N3O3. The molecule has 6 heteroatoms. The Morgan fingerprint density at radius 3 is 2.83 bits per heavy atom. The maximum absolute atomic E-state index is 10.7. The van der Waals surface area contributed by atoms with Gasteiger partial charge in [-0.2, -0.15) is 0 Å². The minimum absolute atomic E-state index is 0.0403. The van der Waals surface area contributed by atoms with E-state index in [0.717, 1.165) is 45.7 Å². The number of nitrogens with zero attached hydrogens (tertiary/aromatic N) is 2. The lowest BCUT2D eigenvalue weighted by Gasteiger charge is -2.31. The molecule has 0 aliphatic carbocycles. The molecular weight excluding hydrogens is 234 g/mol. The van der Waals surface area contributed by atoms with Gasteiger partial charge in [0.15, 0.2) is 0 Å². The Bertz CT molecular complexity index is 245. The summed E-state index contributed by atoms with van der Waals surface area (Å²) in [5.74, 6) is 0.518. The van der Waals surface area contributed by atoms with E-state index in [-0.39, 0.29) is 17.6 Å². The summed E-state index contributed by atoms with van der Waals surface area (Å²) < 4.78 is 5.38. The second-order valence-electron chi connectivity index (χ2n) is 4.81. The van der Waals surface area contributed by atoms with Crippen LogP contribution in [-0.4, -0.2) is 55.4 Å². The third-order valence-electron chi connectivity index (χ3n) is 3.23. The summed E-state index contributed by atoms with van der Waals surface area (Å²) in [6.07, 6.45) is 1.91. The first-order valence-corrected chi connectivity index (χ1v) is 6.84. The van der Waals surface area contributed by atoms with Crippen LogP contribution in [-0.2, 0) is 4.74 Å². The number of hydrogen-bond acceptors (Lipinski definition) is 5. The number of likely N-dealkylation sites (N-methyl/N-ethyl adjacent to an activating group) is 1. The zero-order valence-corrected chi connectivity index (χ0v) is 11.4. The van der Waals surface area contributed by atoms with E-state index >= 15 is 0 Å². The van der Waals surface area contributed by atoms with Crippen LogP contribution < -0.4 is 5.32 Å². The minimum Gasteiger partial charge on any atom is -0.381 e. The van der Waals surface area contributed by atoms with Gasteiger partial charge in [-0.3, -0.25) is 20.3 Å². The van der Waals surface area contributed by atoms with Crippen LogP contribution >= 0.6 is 0 Å². The number of nitrogens with one attached hydrogen (secondary N) is 1. The number of ether oxygens (including phenoxy) is 1. The van der Waals surface area contributed by atoms with Crippen molar-refractivity contribution in [1.82, 2.24) is 10.2 Å². The molecule has 1 fully saturated rings. The Kier molecular flexibility index (Phi) is 7.15. The average Bonchev–Trinajstić information content (AvgIpc) is 2.80. The van der Waals surface area contributed by atoms with Crippen LogP contribution in [0.1, 0.15) is 26.7 Å². The van der Waals surface area contributed by atoms with Crippen LogP contribution in [0, 0.1) is 16.0 Å². The van der Waals surface area contributed by atoms with Crippen molar-refractivity contribution in [2.24, 2.45) is 5.92 Å². The lowest BCUT2D eigenvalue weighted by Crippen LogP contribution is -2.51. The summed E-state index contributed by atoms with van der Waals surface area (Å²) in [4.78, 5) is 12.7. The van der Waals surface area contributed by atoms with Gasteiger partial charge in [-0.25, -0.2) is 0 Å². The Morgan fingerprint density at radius 1 is 1.56 bits per heavy atom. The molecule has 106 valence electrons. The van der Waals surface area contributed by atoms with Crippen molar-refractivity contribution in [2.45, 2.75) is 32.9 Å². The van der Waals surface area contributed by atoms with Gasteiger partial charge in [0.1, 0.15) is 6.17 Å². The quantitative estimate of drug-likeness (QED) is 0.379. The highest BCUT2D eigenvalue weighted by Gasteiger charge is 2.26. The average molecular weight is 259 g/mol. The molecule has 0 amide bonds. The van der Waals surface area contributed by atoms with Gasteiger partial charge >= 0.3 is 0 Å². The van der Waals surface area contributed by atoms with Crippen molar-refractivity contribution in [3.8, 4) is 0 Å². The van der Waals surface area contributed by atoms with E-state index in [1.807, 2.05) is 6.92 Å². The van der Waals surface area contributed by atoms with E-state index in [0.29, 0.717) is 5.92 Å². The fraction of sp³-hybridized carbons (Fsp3) is 1.00. The van der Waals surface area contributed by atoms with E-state index in [1.54, 1.807) is 0 Å². The molecule has 1 aliphatic rings. The molecule has 0 radical (unpaired) electrons. The lowest BCUT2D eigenvalue weighted by atomic mass is 10.1. The highest BCUT2D eigenvalue weighted by Crippen LogP contribution is 2.15. The Hall–Kier alpha value is -0.720. The number of hydrogen-bond donors (Lipinski definition) is 1. The SMILES string of the molecule is CCCN(CC1CCOC1)C(C[N+](=O)[O-])NCC. The molecule has 1 rings (SSSR count). The molecule has 0 saturated carbocycles. The highest BCUT2D eigenvalue weighted by atomic mass is 16.6. The molecule has 0 aromatic heterocycles. The molecule has 0 bridgehead atoms. The van der Waals surface area contributed by atoms with E-state index in [1.165, 1.54) is 0 Å². The van der Waals surface area contributed by atoms with Crippen molar-refractivity contribution < 1.29 is 9.66 Å². The Morgan fingerprint density at radius 2 is 2.33 bits per heavy atom. The van der Waals surface area contributed by atoms with Crippen molar-refractivity contribution in [3.63, 3.8) is 0 Å². The Balaban J connectivity index is 2.55. The first-order valence-electron chi connectivity index (χ1n) is 6.84. The van der Waals surface area contributed by atoms with Crippen LogP contribution in [0.2, 0.25) is 0 Å². The fourth-order valence-electron chi connectivity index (χ4n) is 2.41. The molecule has 0 spiro atoms. The smallest absolute Gasteiger partial charge is 0.232 e. The largest absolute Gasteiger partial charge is 0.381 e. The highest BCUT2D eigenvalue weighted by molar-refractivity contribution is 4.74. The molecule has 1 heterocycles. The maximum atomic E-state index is 10.7. The van der Waals surface area contributed by atoms with Gasteiger partial charge in [0.2, 0.25) is 6.54 Å². The van der Waals surface area contributed by atoms with Crippen molar-refractivity contribution >= 4 is 0 Å². The molecule has 2 unspecified atom stereocenters. The maximum Gasteiger partial charge on any atom is 0.232 e. The molecule has 1 N–H and O–H groups in total. The predicted molar refractivity (Wildman–Crippen MR) is 70.1 cm³/mol. The minimum atomic E-state index is -0.235. The second kappa shape index (κ2) is 8.39. The zero-order chi connectivity index (χ0) is 13.4. The Labute approximate surface area is 109 Å². The van der Waals surface area contributed by atoms with Crippen LogP contribution in [0.25, 0.3) is 0 Å².